The number of nitrogens with zero attached hydrogens (tertiary/aromatic N) is 1. The number of nitrogens with one attached hydrogen (secondary N) is 1. The number of nitrogen functional groups attached to an aromatic ring is 1. The third kappa shape index (κ3) is 3.31. The van der Waals surface area contributed by atoms with E-state index in [-0.39, 0.29) is 22.0 Å². The predicted octanol–water partition coefficient (Wildman–Crippen LogP) is 3.27. The molecule has 0 saturated carbocycles. The molecule has 0 aromatic carbocycles. The SMILES string of the molecule is CCOC(=O)c1sc(NC(=O)c2sc3nc4c(cc3c2N)CCC4)c(C(N)=O)c1C. The van der Waals surface area contributed by atoms with Crippen molar-refractivity contribution in [2.75, 3.05) is 17.7 Å². The largest absolute Gasteiger partial charge is 0.462 e. The molecule has 2 amide bonds. The van der Waals surface area contributed by atoms with Crippen LogP contribution in [0, 0.1) is 6.92 Å². The molecule has 0 fully saturated rings. The second kappa shape index (κ2) is 7.69. The fraction of sp³-hybridized carbons (Fsp3) is 0.300. The maximum Gasteiger partial charge on any atom is 0.348 e. The minimum Gasteiger partial charge on any atom is -0.462 e. The van der Waals surface area contributed by atoms with Gasteiger partial charge in [-0.1, -0.05) is 0 Å². The lowest BCUT2D eigenvalue weighted by Crippen LogP contribution is -2.17. The van der Waals surface area contributed by atoms with Gasteiger partial charge >= 0.3 is 5.97 Å². The number of thiophene rings is 2. The van der Waals surface area contributed by atoms with Crippen molar-refractivity contribution >= 4 is 61.4 Å². The molecular formula is C20H20N4O4S2. The van der Waals surface area contributed by atoms with Gasteiger partial charge in [0.1, 0.15) is 19.6 Å². The zero-order valence-corrected chi connectivity index (χ0v) is 18.1. The first-order valence-corrected chi connectivity index (χ1v) is 11.1. The fourth-order valence-corrected chi connectivity index (χ4v) is 5.71. The van der Waals surface area contributed by atoms with E-state index in [9.17, 15) is 14.4 Å². The molecule has 1 aliphatic rings. The maximum atomic E-state index is 13.0. The van der Waals surface area contributed by atoms with Crippen molar-refractivity contribution in [1.29, 1.82) is 0 Å². The molecule has 3 heterocycles. The molecule has 0 radical (unpaired) electrons. The summed E-state index contributed by atoms with van der Waals surface area (Å²) in [5, 5.41) is 3.65. The van der Waals surface area contributed by atoms with Gasteiger partial charge in [-0.25, -0.2) is 9.78 Å². The molecule has 0 aliphatic heterocycles. The smallest absolute Gasteiger partial charge is 0.348 e. The van der Waals surface area contributed by atoms with E-state index < -0.39 is 17.8 Å². The Morgan fingerprint density at radius 1 is 1.23 bits per heavy atom. The van der Waals surface area contributed by atoms with Crippen LogP contribution in [0.4, 0.5) is 10.7 Å². The van der Waals surface area contributed by atoms with Gasteiger partial charge in [0.05, 0.1) is 17.9 Å². The van der Waals surface area contributed by atoms with Gasteiger partial charge in [-0.2, -0.15) is 0 Å². The van der Waals surface area contributed by atoms with Crippen LogP contribution in [0.15, 0.2) is 6.07 Å². The number of primary amides is 1. The number of esters is 1. The molecule has 4 rings (SSSR count). The Hall–Kier alpha value is -2.98. The van der Waals surface area contributed by atoms with Crippen LogP contribution in [-0.4, -0.2) is 29.4 Å². The number of carbonyl (C=O) groups excluding carboxylic acids is 3. The van der Waals surface area contributed by atoms with Crippen molar-refractivity contribution in [2.24, 2.45) is 5.73 Å². The molecule has 0 saturated heterocycles. The topological polar surface area (TPSA) is 137 Å². The third-order valence-electron chi connectivity index (χ3n) is 5.04. The van der Waals surface area contributed by atoms with Crippen LogP contribution in [0.2, 0.25) is 0 Å². The van der Waals surface area contributed by atoms with E-state index in [0.717, 1.165) is 41.7 Å². The van der Waals surface area contributed by atoms with Gasteiger partial charge in [0, 0.05) is 11.1 Å². The van der Waals surface area contributed by atoms with Crippen LogP contribution in [0.25, 0.3) is 10.2 Å². The van der Waals surface area contributed by atoms with Crippen molar-refractivity contribution in [2.45, 2.75) is 33.1 Å². The fourth-order valence-electron chi connectivity index (χ4n) is 3.62. The molecule has 8 nitrogen and oxygen atoms in total. The van der Waals surface area contributed by atoms with E-state index in [1.54, 1.807) is 13.8 Å². The molecule has 156 valence electrons. The Kier molecular flexibility index (Phi) is 5.20. The average molecular weight is 445 g/mol. The monoisotopic (exact) mass is 444 g/mol. The first-order valence-electron chi connectivity index (χ1n) is 9.44. The minimum atomic E-state index is -0.739. The minimum absolute atomic E-state index is 0.0909. The summed E-state index contributed by atoms with van der Waals surface area (Å²) in [6, 6.07) is 2.01. The Morgan fingerprint density at radius 2 is 2.00 bits per heavy atom. The van der Waals surface area contributed by atoms with E-state index in [1.807, 2.05) is 6.07 Å². The number of rotatable bonds is 5. The summed E-state index contributed by atoms with van der Waals surface area (Å²) in [5.41, 5.74) is 14.8. The summed E-state index contributed by atoms with van der Waals surface area (Å²) >= 11 is 2.16. The number of aromatic nitrogens is 1. The van der Waals surface area contributed by atoms with E-state index >= 15 is 0 Å². The van der Waals surface area contributed by atoms with Gasteiger partial charge in [-0.05, 0) is 50.3 Å². The van der Waals surface area contributed by atoms with Crippen molar-refractivity contribution < 1.29 is 19.1 Å². The van der Waals surface area contributed by atoms with Gasteiger partial charge in [0.25, 0.3) is 11.8 Å². The number of ether oxygens (including phenoxy) is 1. The summed E-state index contributed by atoms with van der Waals surface area (Å²) in [5.74, 6) is -1.78. The second-order valence-corrected chi connectivity index (χ2v) is 8.96. The summed E-state index contributed by atoms with van der Waals surface area (Å²) in [6.07, 6.45) is 2.96. The molecule has 0 unspecified atom stereocenters. The number of aryl methyl sites for hydroxylation is 2. The van der Waals surface area contributed by atoms with Crippen LogP contribution >= 0.6 is 22.7 Å². The molecule has 0 atom stereocenters. The van der Waals surface area contributed by atoms with E-state index in [0.29, 0.717) is 21.0 Å². The summed E-state index contributed by atoms with van der Waals surface area (Å²) < 4.78 is 5.02. The zero-order valence-electron chi connectivity index (χ0n) is 16.5. The van der Waals surface area contributed by atoms with Crippen LogP contribution in [-0.2, 0) is 17.6 Å². The first-order chi connectivity index (χ1) is 14.3. The standard InChI is InChI=1S/C20H20N4O4S2/c1-3-28-20(27)14-8(2)12(16(22)25)19(29-14)24-17(26)15-13(21)10-7-9-5-4-6-11(9)23-18(10)30-15/h7H,3-6,21H2,1-2H3,(H2,22,25)(H,24,26). The average Bonchev–Trinajstić information content (AvgIpc) is 3.36. The Morgan fingerprint density at radius 3 is 2.70 bits per heavy atom. The molecule has 1 aliphatic carbocycles. The number of fused-ring (bicyclic) bond motifs is 2. The van der Waals surface area contributed by atoms with Gasteiger partial charge in [-0.3, -0.25) is 9.59 Å². The van der Waals surface area contributed by atoms with Crippen LogP contribution in [0.3, 0.4) is 0 Å². The molecular weight excluding hydrogens is 424 g/mol. The van der Waals surface area contributed by atoms with E-state index in [1.165, 1.54) is 16.9 Å². The van der Waals surface area contributed by atoms with Crippen LogP contribution < -0.4 is 16.8 Å². The lowest BCUT2D eigenvalue weighted by atomic mass is 10.1. The number of nitrogens with two attached hydrogens (primary N) is 2. The quantitative estimate of drug-likeness (QED) is 0.517. The number of hydrogen-bond acceptors (Lipinski definition) is 8. The van der Waals surface area contributed by atoms with E-state index in [4.69, 9.17) is 16.2 Å². The Balaban J connectivity index is 1.70. The van der Waals surface area contributed by atoms with Gasteiger partial charge < -0.3 is 21.5 Å². The number of amides is 2. The lowest BCUT2D eigenvalue weighted by Gasteiger charge is -2.04. The molecule has 5 N–H and O–H groups in total. The highest BCUT2D eigenvalue weighted by Gasteiger charge is 2.27. The molecule has 3 aromatic rings. The van der Waals surface area contributed by atoms with Crippen LogP contribution in [0.1, 0.15) is 59.9 Å². The number of carbonyl (C=O) groups is 3. The van der Waals surface area contributed by atoms with Gasteiger partial charge in [0.2, 0.25) is 0 Å². The lowest BCUT2D eigenvalue weighted by molar-refractivity contribution is 0.0531. The normalized spacial score (nSPS) is 12.7. The predicted molar refractivity (Wildman–Crippen MR) is 118 cm³/mol. The molecule has 10 heteroatoms. The zero-order chi connectivity index (χ0) is 21.6. The van der Waals surface area contributed by atoms with Gasteiger partial charge in [0.15, 0.2) is 0 Å². The number of anilines is 2. The van der Waals surface area contributed by atoms with Crippen LogP contribution in [0.5, 0.6) is 0 Å². The summed E-state index contributed by atoms with van der Waals surface area (Å²) in [6.45, 7) is 3.48. The van der Waals surface area contributed by atoms with Gasteiger partial charge in [-0.15, -0.1) is 22.7 Å². The number of hydrogen-bond donors (Lipinski definition) is 3. The molecule has 0 bridgehead atoms. The third-order valence-corrected chi connectivity index (χ3v) is 7.34. The number of pyridine rings is 1. The second-order valence-electron chi connectivity index (χ2n) is 6.94. The van der Waals surface area contributed by atoms with Crippen molar-refractivity contribution in [1.82, 2.24) is 4.98 Å². The maximum absolute atomic E-state index is 13.0. The summed E-state index contributed by atoms with van der Waals surface area (Å²) in [4.78, 5) is 43.0. The highest BCUT2D eigenvalue weighted by molar-refractivity contribution is 7.21. The molecule has 0 spiro atoms. The first kappa shape index (κ1) is 20.3. The Labute approximate surface area is 180 Å². The molecule has 3 aromatic heterocycles. The van der Waals surface area contributed by atoms with E-state index in [2.05, 4.69) is 10.3 Å². The highest BCUT2D eigenvalue weighted by Crippen LogP contribution is 2.38. The van der Waals surface area contributed by atoms with Crippen molar-refractivity contribution in [3.63, 3.8) is 0 Å². The van der Waals surface area contributed by atoms with Crippen molar-refractivity contribution in [3.05, 3.63) is 38.2 Å². The van der Waals surface area contributed by atoms with Crippen molar-refractivity contribution in [3.8, 4) is 0 Å². The summed E-state index contributed by atoms with van der Waals surface area (Å²) in [7, 11) is 0. The highest BCUT2D eigenvalue weighted by atomic mass is 32.1. The molecule has 30 heavy (non-hydrogen) atoms. The Bertz CT molecular complexity index is 1210.